The number of methoxy groups -OCH3 is 1. The summed E-state index contributed by atoms with van der Waals surface area (Å²) in [5.74, 6) is 2.21. The van der Waals surface area contributed by atoms with E-state index in [1.807, 2.05) is 40.7 Å². The minimum atomic E-state index is -0.293. The van der Waals surface area contributed by atoms with Gasteiger partial charge < -0.3 is 19.5 Å². The number of amides is 2. The molecule has 2 amide bonds. The molecule has 1 fully saturated rings. The van der Waals surface area contributed by atoms with Crippen molar-refractivity contribution < 1.29 is 14.3 Å². The van der Waals surface area contributed by atoms with E-state index in [0.29, 0.717) is 43.5 Å². The van der Waals surface area contributed by atoms with E-state index in [2.05, 4.69) is 15.5 Å². The third-order valence-electron chi connectivity index (χ3n) is 6.37. The molecule has 0 unspecified atom stereocenters. The molecule has 5 rings (SSSR count). The molecule has 2 aliphatic heterocycles. The highest BCUT2D eigenvalue weighted by Gasteiger charge is 2.40. The molecule has 0 saturated carbocycles. The first-order chi connectivity index (χ1) is 15.5. The predicted octanol–water partition coefficient (Wildman–Crippen LogP) is 2.79. The quantitative estimate of drug-likeness (QED) is 0.686. The van der Waals surface area contributed by atoms with Crippen LogP contribution in [-0.2, 0) is 13.0 Å². The maximum absolute atomic E-state index is 13.0. The number of nitrogens with zero attached hydrogens (tertiary/aromatic N) is 4. The van der Waals surface area contributed by atoms with Crippen LogP contribution < -0.4 is 10.1 Å². The molecule has 8 heteroatoms. The van der Waals surface area contributed by atoms with E-state index >= 15 is 0 Å². The second-order valence-corrected chi connectivity index (χ2v) is 8.54. The molecule has 3 heterocycles. The van der Waals surface area contributed by atoms with Crippen LogP contribution in [0, 0.1) is 18.8 Å². The highest BCUT2D eigenvalue weighted by Crippen LogP contribution is 2.33. The number of benzene rings is 2. The van der Waals surface area contributed by atoms with Gasteiger partial charge in [-0.25, -0.2) is 0 Å². The lowest BCUT2D eigenvalue weighted by Crippen LogP contribution is -2.31. The Morgan fingerprint density at radius 1 is 1.03 bits per heavy atom. The molecule has 32 heavy (non-hydrogen) atoms. The van der Waals surface area contributed by atoms with Crippen LogP contribution in [0.4, 0.5) is 5.69 Å². The normalized spacial score (nSPS) is 19.2. The SMILES string of the molecule is COc1ccc(NC(=O)c2nnc3n2C[C@H]2CN(C(=O)c4cccc(C)c4)C[C@@H]2C3)cc1. The van der Waals surface area contributed by atoms with Crippen molar-refractivity contribution in [2.45, 2.75) is 19.9 Å². The fourth-order valence-electron chi connectivity index (χ4n) is 4.68. The van der Waals surface area contributed by atoms with E-state index in [1.165, 1.54) is 0 Å². The van der Waals surface area contributed by atoms with Crippen molar-refractivity contribution in [3.8, 4) is 5.75 Å². The Morgan fingerprint density at radius 2 is 1.81 bits per heavy atom. The number of aromatic nitrogens is 3. The second-order valence-electron chi connectivity index (χ2n) is 8.54. The lowest BCUT2D eigenvalue weighted by atomic mass is 9.89. The van der Waals surface area contributed by atoms with Gasteiger partial charge in [0, 0.05) is 37.3 Å². The van der Waals surface area contributed by atoms with Crippen LogP contribution >= 0.6 is 0 Å². The first-order valence-electron chi connectivity index (χ1n) is 10.7. The number of carbonyl (C=O) groups excluding carboxylic acids is 2. The van der Waals surface area contributed by atoms with Crippen molar-refractivity contribution in [3.63, 3.8) is 0 Å². The summed E-state index contributed by atoms with van der Waals surface area (Å²) in [6.45, 7) is 4.01. The van der Waals surface area contributed by atoms with Crippen LogP contribution in [0.25, 0.3) is 0 Å². The van der Waals surface area contributed by atoms with Gasteiger partial charge in [0.1, 0.15) is 11.6 Å². The standard InChI is InChI=1S/C24H25N5O3/c1-15-4-3-5-16(10-15)24(31)28-12-17-11-21-26-27-22(29(21)14-18(17)13-28)23(30)25-19-6-8-20(32-2)9-7-19/h3-10,17-18H,11-14H2,1-2H3,(H,25,30)/t17-,18+/m0/s1. The average molecular weight is 431 g/mol. The molecule has 0 aliphatic carbocycles. The van der Waals surface area contributed by atoms with E-state index in [4.69, 9.17) is 4.74 Å². The van der Waals surface area contributed by atoms with Crippen molar-refractivity contribution in [3.05, 3.63) is 71.3 Å². The third kappa shape index (κ3) is 3.72. The molecule has 0 spiro atoms. The summed E-state index contributed by atoms with van der Waals surface area (Å²) in [4.78, 5) is 27.8. The number of nitrogens with one attached hydrogen (secondary N) is 1. The van der Waals surface area contributed by atoms with E-state index in [-0.39, 0.29) is 17.7 Å². The Balaban J connectivity index is 1.29. The summed E-state index contributed by atoms with van der Waals surface area (Å²) in [6, 6.07) is 14.9. The minimum Gasteiger partial charge on any atom is -0.497 e. The Kier molecular flexibility index (Phi) is 5.13. The van der Waals surface area contributed by atoms with E-state index in [9.17, 15) is 9.59 Å². The van der Waals surface area contributed by atoms with Crippen molar-refractivity contribution in [2.75, 3.05) is 25.5 Å². The summed E-state index contributed by atoms with van der Waals surface area (Å²) in [5.41, 5.74) is 2.46. The molecule has 2 aliphatic rings. The summed E-state index contributed by atoms with van der Waals surface area (Å²) in [7, 11) is 1.60. The van der Waals surface area contributed by atoms with Crippen molar-refractivity contribution >= 4 is 17.5 Å². The molecule has 8 nitrogen and oxygen atoms in total. The molecule has 2 atom stereocenters. The predicted molar refractivity (Wildman–Crippen MR) is 119 cm³/mol. The molecule has 1 saturated heterocycles. The van der Waals surface area contributed by atoms with Crippen molar-refractivity contribution in [2.24, 2.45) is 11.8 Å². The first-order valence-corrected chi connectivity index (χ1v) is 10.7. The van der Waals surface area contributed by atoms with Gasteiger partial charge in [-0.3, -0.25) is 9.59 Å². The average Bonchev–Trinajstić information content (AvgIpc) is 3.41. The third-order valence-corrected chi connectivity index (χ3v) is 6.37. The van der Waals surface area contributed by atoms with Gasteiger partial charge >= 0.3 is 0 Å². The van der Waals surface area contributed by atoms with Crippen molar-refractivity contribution in [1.29, 1.82) is 0 Å². The van der Waals surface area contributed by atoms with Gasteiger partial charge in [0.2, 0.25) is 5.82 Å². The Labute approximate surface area is 186 Å². The number of likely N-dealkylation sites (tertiary alicyclic amines) is 1. The fourth-order valence-corrected chi connectivity index (χ4v) is 4.68. The number of carbonyl (C=O) groups is 2. The number of fused-ring (bicyclic) bond motifs is 2. The number of aryl methyl sites for hydroxylation is 1. The molecular formula is C24H25N5O3. The Hall–Kier alpha value is -3.68. The number of ether oxygens (including phenoxy) is 1. The molecule has 0 radical (unpaired) electrons. The van der Waals surface area contributed by atoms with Crippen LogP contribution in [-0.4, -0.2) is 51.7 Å². The topological polar surface area (TPSA) is 89.3 Å². The maximum Gasteiger partial charge on any atom is 0.293 e. The first kappa shape index (κ1) is 20.2. The number of anilines is 1. The van der Waals surface area contributed by atoms with Gasteiger partial charge in [0.25, 0.3) is 11.8 Å². The number of hydrogen-bond acceptors (Lipinski definition) is 5. The van der Waals surface area contributed by atoms with E-state index in [1.54, 1.807) is 31.4 Å². The summed E-state index contributed by atoms with van der Waals surface area (Å²) in [6.07, 6.45) is 0.713. The minimum absolute atomic E-state index is 0.0661. The summed E-state index contributed by atoms with van der Waals surface area (Å²) >= 11 is 0. The number of rotatable bonds is 4. The van der Waals surface area contributed by atoms with Gasteiger partial charge in [-0.2, -0.15) is 0 Å². The molecule has 164 valence electrons. The van der Waals surface area contributed by atoms with Gasteiger partial charge in [-0.05, 0) is 55.2 Å². The molecule has 2 aromatic carbocycles. The second kappa shape index (κ2) is 8.11. The monoisotopic (exact) mass is 431 g/mol. The molecule has 3 aromatic rings. The molecule has 0 bridgehead atoms. The van der Waals surface area contributed by atoms with Gasteiger partial charge in [0.05, 0.1) is 7.11 Å². The summed E-state index contributed by atoms with van der Waals surface area (Å²) in [5, 5.41) is 11.3. The highest BCUT2D eigenvalue weighted by molar-refractivity contribution is 6.01. The van der Waals surface area contributed by atoms with Crippen LogP contribution in [0.1, 0.15) is 32.4 Å². The molecule has 1 aromatic heterocycles. The fraction of sp³-hybridized carbons (Fsp3) is 0.333. The lowest BCUT2D eigenvalue weighted by molar-refractivity contribution is 0.0783. The number of hydrogen-bond donors (Lipinski definition) is 1. The lowest BCUT2D eigenvalue weighted by Gasteiger charge is -2.25. The zero-order chi connectivity index (χ0) is 22.2. The summed E-state index contributed by atoms with van der Waals surface area (Å²) < 4.78 is 7.06. The molecule has 1 N–H and O–H groups in total. The van der Waals surface area contributed by atoms with Gasteiger partial charge in [-0.1, -0.05) is 17.7 Å². The van der Waals surface area contributed by atoms with Crippen LogP contribution in [0.15, 0.2) is 48.5 Å². The van der Waals surface area contributed by atoms with Gasteiger partial charge in [-0.15, -0.1) is 10.2 Å². The highest BCUT2D eigenvalue weighted by atomic mass is 16.5. The van der Waals surface area contributed by atoms with Crippen LogP contribution in [0.3, 0.4) is 0 Å². The van der Waals surface area contributed by atoms with Crippen molar-refractivity contribution in [1.82, 2.24) is 19.7 Å². The van der Waals surface area contributed by atoms with E-state index in [0.717, 1.165) is 22.7 Å². The van der Waals surface area contributed by atoms with Gasteiger partial charge in [0.15, 0.2) is 0 Å². The maximum atomic E-state index is 13.0. The zero-order valence-corrected chi connectivity index (χ0v) is 18.1. The van der Waals surface area contributed by atoms with Crippen LogP contribution in [0.5, 0.6) is 5.75 Å². The smallest absolute Gasteiger partial charge is 0.293 e. The van der Waals surface area contributed by atoms with Crippen LogP contribution in [0.2, 0.25) is 0 Å². The Morgan fingerprint density at radius 3 is 2.56 bits per heavy atom. The van der Waals surface area contributed by atoms with E-state index < -0.39 is 0 Å². The largest absolute Gasteiger partial charge is 0.497 e. The zero-order valence-electron chi connectivity index (χ0n) is 18.1. The molecular weight excluding hydrogens is 406 g/mol. The Bertz CT molecular complexity index is 1170.